The van der Waals surface area contributed by atoms with Gasteiger partial charge in [0.1, 0.15) is 0 Å². The molecule has 0 aliphatic carbocycles. The average molecular weight is 469 g/mol. The van der Waals surface area contributed by atoms with Gasteiger partial charge in [0.15, 0.2) is 5.88 Å². The largest absolute Gasteiger partial charge is 0.494 e. The van der Waals surface area contributed by atoms with Crippen LogP contribution in [0.1, 0.15) is 27.0 Å². The van der Waals surface area contributed by atoms with Crippen molar-refractivity contribution in [2.24, 2.45) is 4.99 Å². The number of benzene rings is 3. The molecule has 1 aliphatic heterocycles. The Hall–Kier alpha value is -3.94. The first-order chi connectivity index (χ1) is 17.0. The number of nitrogens with zero attached hydrogens (tertiary/aromatic N) is 3. The molecule has 0 amide bonds. The van der Waals surface area contributed by atoms with Crippen molar-refractivity contribution in [3.63, 3.8) is 0 Å². The number of aromatic amines is 1. The number of aliphatic imine (C=N–C) groups is 1. The van der Waals surface area contributed by atoms with Crippen LogP contribution in [0.15, 0.2) is 77.8 Å². The summed E-state index contributed by atoms with van der Waals surface area (Å²) in [7, 11) is 2.16. The third kappa shape index (κ3) is 4.96. The second kappa shape index (κ2) is 9.74. The van der Waals surface area contributed by atoms with Crippen molar-refractivity contribution in [2.45, 2.75) is 6.54 Å². The molecule has 0 unspecified atom stereocenters. The highest BCUT2D eigenvalue weighted by Gasteiger charge is 2.20. The lowest BCUT2D eigenvalue weighted by Crippen LogP contribution is -2.43. The molecule has 0 bridgehead atoms. The van der Waals surface area contributed by atoms with E-state index in [2.05, 4.69) is 34.0 Å². The van der Waals surface area contributed by atoms with Gasteiger partial charge in [-0.3, -0.25) is 4.90 Å². The summed E-state index contributed by atoms with van der Waals surface area (Å²) in [5.74, 6) is -1.06. The van der Waals surface area contributed by atoms with Crippen LogP contribution in [0.25, 0.3) is 10.9 Å². The number of nitrogens with one attached hydrogen (secondary N) is 1. The van der Waals surface area contributed by atoms with Crippen LogP contribution in [-0.4, -0.2) is 69.9 Å². The number of H-pyrrole nitrogens is 1. The smallest absolute Gasteiger partial charge is 0.335 e. The molecular formula is C28H28N4O3. The molecule has 2 heterocycles. The normalized spacial score (nSPS) is 15.5. The summed E-state index contributed by atoms with van der Waals surface area (Å²) in [6.07, 6.45) is 0. The molecule has 4 aromatic rings. The van der Waals surface area contributed by atoms with E-state index in [1.165, 1.54) is 17.7 Å². The van der Waals surface area contributed by atoms with Gasteiger partial charge < -0.3 is 20.1 Å². The van der Waals surface area contributed by atoms with E-state index in [4.69, 9.17) is 4.99 Å². The number of carbonyl (C=O) groups is 1. The van der Waals surface area contributed by atoms with E-state index in [-0.39, 0.29) is 11.4 Å². The molecule has 1 aromatic heterocycles. The number of hydrogen-bond acceptors (Lipinski definition) is 5. The fraction of sp³-hybridized carbons (Fsp3) is 0.214. The number of hydrogen-bond donors (Lipinski definition) is 3. The molecule has 1 saturated heterocycles. The third-order valence-electron chi connectivity index (χ3n) is 6.49. The van der Waals surface area contributed by atoms with E-state index in [1.807, 2.05) is 42.5 Å². The van der Waals surface area contributed by atoms with E-state index in [1.54, 1.807) is 6.07 Å². The zero-order valence-electron chi connectivity index (χ0n) is 19.6. The molecule has 1 aliphatic rings. The summed E-state index contributed by atoms with van der Waals surface area (Å²) in [5, 5.41) is 20.9. The number of aromatic carboxylic acids is 1. The van der Waals surface area contributed by atoms with Crippen LogP contribution in [0.3, 0.4) is 0 Å². The molecule has 1 fully saturated rings. The number of likely N-dealkylation sites (N-methyl/N-ethyl adjacent to an activating group) is 1. The Morgan fingerprint density at radius 1 is 0.943 bits per heavy atom. The number of piperazine rings is 1. The predicted molar refractivity (Wildman–Crippen MR) is 138 cm³/mol. The lowest BCUT2D eigenvalue weighted by molar-refractivity contribution is 0.0697. The molecule has 0 saturated carbocycles. The first kappa shape index (κ1) is 22.8. The zero-order chi connectivity index (χ0) is 24.4. The average Bonchev–Trinajstić information content (AvgIpc) is 3.20. The minimum absolute atomic E-state index is 0.0446. The number of carboxylic acids is 1. The van der Waals surface area contributed by atoms with E-state index in [0.29, 0.717) is 22.2 Å². The second-order valence-electron chi connectivity index (χ2n) is 8.99. The molecular weight excluding hydrogens is 440 g/mol. The highest BCUT2D eigenvalue weighted by molar-refractivity contribution is 6.22. The van der Waals surface area contributed by atoms with Crippen LogP contribution in [0.4, 0.5) is 5.69 Å². The molecule has 35 heavy (non-hydrogen) atoms. The van der Waals surface area contributed by atoms with Crippen LogP contribution in [0.5, 0.6) is 5.88 Å². The van der Waals surface area contributed by atoms with Crippen LogP contribution < -0.4 is 0 Å². The minimum Gasteiger partial charge on any atom is -0.494 e. The molecule has 0 atom stereocenters. The monoisotopic (exact) mass is 468 g/mol. The van der Waals surface area contributed by atoms with Crippen LogP contribution >= 0.6 is 0 Å². The first-order valence-electron chi connectivity index (χ1n) is 11.7. The number of fused-ring (bicyclic) bond motifs is 1. The lowest BCUT2D eigenvalue weighted by atomic mass is 10.00. The number of aromatic nitrogens is 1. The summed E-state index contributed by atoms with van der Waals surface area (Å²) in [6, 6.07) is 22.7. The van der Waals surface area contributed by atoms with Gasteiger partial charge in [-0.15, -0.1) is 0 Å². The first-order valence-corrected chi connectivity index (χ1v) is 11.7. The maximum absolute atomic E-state index is 11.4. The van der Waals surface area contributed by atoms with Gasteiger partial charge >= 0.3 is 5.97 Å². The quantitative estimate of drug-likeness (QED) is 0.363. The van der Waals surface area contributed by atoms with Crippen molar-refractivity contribution in [1.29, 1.82) is 0 Å². The highest BCUT2D eigenvalue weighted by Crippen LogP contribution is 2.32. The fourth-order valence-corrected chi connectivity index (χ4v) is 4.49. The Kier molecular flexibility index (Phi) is 6.35. The Bertz CT molecular complexity index is 1370. The summed E-state index contributed by atoms with van der Waals surface area (Å²) in [4.78, 5) is 24.1. The molecule has 7 nitrogen and oxygen atoms in total. The molecule has 3 aromatic carbocycles. The molecule has 0 radical (unpaired) electrons. The van der Waals surface area contributed by atoms with E-state index in [0.717, 1.165) is 44.0 Å². The number of carboxylic acid groups (broad SMARTS) is 1. The topological polar surface area (TPSA) is 92.2 Å². The van der Waals surface area contributed by atoms with E-state index < -0.39 is 5.97 Å². The van der Waals surface area contributed by atoms with Gasteiger partial charge in [-0.1, -0.05) is 48.5 Å². The van der Waals surface area contributed by atoms with Gasteiger partial charge in [-0.25, -0.2) is 9.79 Å². The van der Waals surface area contributed by atoms with Crippen LogP contribution in [0, 0.1) is 0 Å². The Morgan fingerprint density at radius 3 is 2.34 bits per heavy atom. The minimum atomic E-state index is -1.02. The van der Waals surface area contributed by atoms with Crippen molar-refractivity contribution >= 4 is 28.3 Å². The Labute approximate surface area is 204 Å². The van der Waals surface area contributed by atoms with Crippen LogP contribution in [-0.2, 0) is 6.54 Å². The predicted octanol–water partition coefficient (Wildman–Crippen LogP) is 4.49. The summed E-state index contributed by atoms with van der Waals surface area (Å²) in [5.41, 5.74) is 4.73. The SMILES string of the molecule is CN1CCN(Cc2ccc(N=C(c3ccccc3)c3c(O)[nH]c4cc(C(=O)O)ccc34)cc2)CC1. The lowest BCUT2D eigenvalue weighted by Gasteiger charge is -2.32. The highest BCUT2D eigenvalue weighted by atomic mass is 16.4. The van der Waals surface area contributed by atoms with E-state index in [9.17, 15) is 15.0 Å². The third-order valence-corrected chi connectivity index (χ3v) is 6.49. The maximum Gasteiger partial charge on any atom is 0.335 e. The fourth-order valence-electron chi connectivity index (χ4n) is 4.49. The standard InChI is InChI=1S/C28H28N4O3/c1-31-13-15-32(16-14-31)18-19-7-10-22(11-8-19)29-26(20-5-3-2-4-6-20)25-23-12-9-21(28(34)35)17-24(23)30-27(25)33/h2-12,17,30,33H,13-16,18H2,1H3,(H,34,35). The Morgan fingerprint density at radius 2 is 1.66 bits per heavy atom. The van der Waals surface area contributed by atoms with Crippen molar-refractivity contribution < 1.29 is 15.0 Å². The summed E-state index contributed by atoms with van der Waals surface area (Å²) in [6.45, 7) is 5.23. The molecule has 0 spiro atoms. The number of rotatable bonds is 6. The Balaban J connectivity index is 1.51. The molecule has 178 valence electrons. The molecule has 5 rings (SSSR count). The van der Waals surface area contributed by atoms with Crippen molar-refractivity contribution in [1.82, 2.24) is 14.8 Å². The molecule has 3 N–H and O–H groups in total. The van der Waals surface area contributed by atoms with Gasteiger partial charge in [0.2, 0.25) is 0 Å². The maximum atomic E-state index is 11.4. The van der Waals surface area contributed by atoms with Crippen molar-refractivity contribution in [3.05, 3.63) is 95.1 Å². The van der Waals surface area contributed by atoms with Crippen molar-refractivity contribution in [2.75, 3.05) is 33.2 Å². The summed E-state index contributed by atoms with van der Waals surface area (Å²) >= 11 is 0. The van der Waals surface area contributed by atoms with Gasteiger partial charge in [-0.2, -0.15) is 0 Å². The van der Waals surface area contributed by atoms with Gasteiger partial charge in [0, 0.05) is 49.2 Å². The molecule has 7 heteroatoms. The van der Waals surface area contributed by atoms with Crippen LogP contribution in [0.2, 0.25) is 0 Å². The van der Waals surface area contributed by atoms with Gasteiger partial charge in [0.25, 0.3) is 0 Å². The zero-order valence-corrected chi connectivity index (χ0v) is 19.6. The van der Waals surface area contributed by atoms with E-state index >= 15 is 0 Å². The van der Waals surface area contributed by atoms with Gasteiger partial charge in [0.05, 0.1) is 22.5 Å². The van der Waals surface area contributed by atoms with Gasteiger partial charge in [-0.05, 0) is 36.9 Å². The second-order valence-corrected chi connectivity index (χ2v) is 8.99. The number of aromatic hydroxyl groups is 1. The van der Waals surface area contributed by atoms with Crippen molar-refractivity contribution in [3.8, 4) is 5.88 Å². The summed E-state index contributed by atoms with van der Waals surface area (Å²) < 4.78 is 0.